The molecule has 6 heteroatoms. The second-order valence-electron chi connectivity index (χ2n) is 7.17. The summed E-state index contributed by atoms with van der Waals surface area (Å²) in [7, 11) is 0. The highest BCUT2D eigenvalue weighted by Crippen LogP contribution is 2.26. The van der Waals surface area contributed by atoms with E-state index in [-0.39, 0.29) is 17.9 Å². The Morgan fingerprint density at radius 2 is 1.96 bits per heavy atom. The topological polar surface area (TPSA) is 61.9 Å². The van der Waals surface area contributed by atoms with Gasteiger partial charge >= 0.3 is 6.09 Å². The highest BCUT2D eigenvalue weighted by atomic mass is 16.6. The molecule has 0 saturated carbocycles. The standard InChI is InChI=1S/C20H29N3O3/c1-3-26-20(25)23-12-6-7-16(14-23)19(24)21-18-9-8-17(13-15(18)2)22-10-4-5-11-22/h8-9,13,16H,3-7,10-12,14H2,1-2H3,(H,21,24)/t16-/m0/s1. The summed E-state index contributed by atoms with van der Waals surface area (Å²) < 4.78 is 5.06. The molecule has 2 amide bonds. The Labute approximate surface area is 155 Å². The van der Waals surface area contributed by atoms with Crippen LogP contribution in [0.4, 0.5) is 16.2 Å². The number of anilines is 2. The fourth-order valence-corrected chi connectivity index (χ4v) is 3.77. The summed E-state index contributed by atoms with van der Waals surface area (Å²) in [6, 6.07) is 6.22. The van der Waals surface area contributed by atoms with E-state index in [1.54, 1.807) is 11.8 Å². The molecule has 0 unspecified atom stereocenters. The van der Waals surface area contributed by atoms with Crippen LogP contribution < -0.4 is 10.2 Å². The van der Waals surface area contributed by atoms with Crippen molar-refractivity contribution in [3.63, 3.8) is 0 Å². The molecule has 1 aromatic rings. The molecule has 0 spiro atoms. The Kier molecular flexibility index (Phi) is 6.01. The molecular weight excluding hydrogens is 330 g/mol. The van der Waals surface area contributed by atoms with Crippen LogP contribution in [-0.4, -0.2) is 49.7 Å². The minimum atomic E-state index is -0.323. The minimum absolute atomic E-state index is 0.0176. The molecule has 142 valence electrons. The van der Waals surface area contributed by atoms with Crippen molar-refractivity contribution in [3.05, 3.63) is 23.8 Å². The van der Waals surface area contributed by atoms with Crippen molar-refractivity contribution < 1.29 is 14.3 Å². The van der Waals surface area contributed by atoms with Crippen LogP contribution in [0.15, 0.2) is 18.2 Å². The zero-order valence-electron chi connectivity index (χ0n) is 15.8. The third-order valence-corrected chi connectivity index (χ3v) is 5.26. The first-order valence-corrected chi connectivity index (χ1v) is 9.66. The van der Waals surface area contributed by atoms with E-state index < -0.39 is 0 Å². The second kappa shape index (κ2) is 8.43. The van der Waals surface area contributed by atoms with Crippen LogP contribution in [0.3, 0.4) is 0 Å². The maximum absolute atomic E-state index is 12.7. The first-order valence-electron chi connectivity index (χ1n) is 9.66. The average molecular weight is 359 g/mol. The summed E-state index contributed by atoms with van der Waals surface area (Å²) in [5, 5.41) is 3.05. The summed E-state index contributed by atoms with van der Waals surface area (Å²) in [5.74, 6) is -0.207. The molecular formula is C20H29N3O3. The Morgan fingerprint density at radius 1 is 1.19 bits per heavy atom. The van der Waals surface area contributed by atoms with E-state index in [0.717, 1.165) is 37.2 Å². The fraction of sp³-hybridized carbons (Fsp3) is 0.600. The molecule has 2 fully saturated rings. The Hall–Kier alpha value is -2.24. The zero-order chi connectivity index (χ0) is 18.5. The lowest BCUT2D eigenvalue weighted by Crippen LogP contribution is -2.44. The molecule has 0 radical (unpaired) electrons. The molecule has 2 saturated heterocycles. The summed E-state index contributed by atoms with van der Waals surface area (Å²) in [6.07, 6.45) is 3.79. The van der Waals surface area contributed by atoms with Crippen LogP contribution in [-0.2, 0) is 9.53 Å². The lowest BCUT2D eigenvalue weighted by atomic mass is 9.97. The van der Waals surface area contributed by atoms with Gasteiger partial charge in [0, 0.05) is 37.6 Å². The van der Waals surface area contributed by atoms with Gasteiger partial charge in [-0.05, 0) is 63.3 Å². The Morgan fingerprint density at radius 3 is 2.65 bits per heavy atom. The normalized spacial score (nSPS) is 20.2. The van der Waals surface area contributed by atoms with E-state index in [1.807, 2.05) is 13.0 Å². The number of benzene rings is 1. The van der Waals surface area contributed by atoms with Gasteiger partial charge in [-0.3, -0.25) is 4.79 Å². The molecule has 0 aromatic heterocycles. The molecule has 2 aliphatic heterocycles. The van der Waals surface area contributed by atoms with Crippen LogP contribution >= 0.6 is 0 Å². The third-order valence-electron chi connectivity index (χ3n) is 5.26. The van der Waals surface area contributed by atoms with E-state index in [4.69, 9.17) is 4.74 Å². The Bertz CT molecular complexity index is 656. The first-order chi connectivity index (χ1) is 12.6. The smallest absolute Gasteiger partial charge is 0.409 e. The molecule has 1 atom stereocenters. The maximum Gasteiger partial charge on any atom is 0.409 e. The van der Waals surface area contributed by atoms with Gasteiger partial charge in [-0.1, -0.05) is 0 Å². The van der Waals surface area contributed by atoms with Gasteiger partial charge in [-0.25, -0.2) is 4.79 Å². The number of likely N-dealkylation sites (tertiary alicyclic amines) is 1. The number of rotatable bonds is 4. The van der Waals surface area contributed by atoms with Crippen molar-refractivity contribution in [2.45, 2.75) is 39.5 Å². The molecule has 6 nitrogen and oxygen atoms in total. The molecule has 0 aliphatic carbocycles. The fourth-order valence-electron chi connectivity index (χ4n) is 3.77. The predicted octanol–water partition coefficient (Wildman–Crippen LogP) is 3.40. The highest BCUT2D eigenvalue weighted by molar-refractivity contribution is 5.94. The van der Waals surface area contributed by atoms with Gasteiger partial charge in [0.05, 0.1) is 12.5 Å². The number of ether oxygens (including phenoxy) is 1. The van der Waals surface area contributed by atoms with Crippen molar-refractivity contribution in [2.75, 3.05) is 43.0 Å². The monoisotopic (exact) mass is 359 g/mol. The number of hydrogen-bond donors (Lipinski definition) is 1. The number of amides is 2. The maximum atomic E-state index is 12.7. The summed E-state index contributed by atoms with van der Waals surface area (Å²) >= 11 is 0. The lowest BCUT2D eigenvalue weighted by molar-refractivity contribution is -0.121. The number of nitrogens with zero attached hydrogens (tertiary/aromatic N) is 2. The molecule has 3 rings (SSSR count). The van der Waals surface area contributed by atoms with Crippen molar-refractivity contribution in [3.8, 4) is 0 Å². The minimum Gasteiger partial charge on any atom is -0.450 e. The molecule has 2 heterocycles. The number of carbonyl (C=O) groups excluding carboxylic acids is 2. The van der Waals surface area contributed by atoms with Gasteiger partial charge in [0.15, 0.2) is 0 Å². The SMILES string of the molecule is CCOC(=O)N1CCC[C@H](C(=O)Nc2ccc(N3CCCC3)cc2C)C1. The molecule has 0 bridgehead atoms. The molecule has 26 heavy (non-hydrogen) atoms. The van der Waals surface area contributed by atoms with Crippen molar-refractivity contribution >= 4 is 23.4 Å². The van der Waals surface area contributed by atoms with E-state index in [2.05, 4.69) is 22.3 Å². The van der Waals surface area contributed by atoms with Crippen molar-refractivity contribution in [1.82, 2.24) is 4.90 Å². The first kappa shape index (κ1) is 18.5. The van der Waals surface area contributed by atoms with E-state index in [1.165, 1.54) is 18.5 Å². The molecule has 2 aliphatic rings. The van der Waals surface area contributed by atoms with Crippen LogP contribution in [0.1, 0.15) is 38.2 Å². The number of aryl methyl sites for hydroxylation is 1. The van der Waals surface area contributed by atoms with Gasteiger partial charge < -0.3 is 19.9 Å². The molecule has 1 N–H and O–H groups in total. The predicted molar refractivity (Wildman–Crippen MR) is 103 cm³/mol. The van der Waals surface area contributed by atoms with E-state index in [0.29, 0.717) is 19.7 Å². The number of nitrogens with one attached hydrogen (secondary N) is 1. The number of hydrogen-bond acceptors (Lipinski definition) is 4. The summed E-state index contributed by atoms with van der Waals surface area (Å²) in [5.41, 5.74) is 3.15. The van der Waals surface area contributed by atoms with E-state index >= 15 is 0 Å². The highest BCUT2D eigenvalue weighted by Gasteiger charge is 2.29. The molecule has 1 aromatic carbocycles. The quantitative estimate of drug-likeness (QED) is 0.895. The van der Waals surface area contributed by atoms with Crippen molar-refractivity contribution in [1.29, 1.82) is 0 Å². The number of carbonyl (C=O) groups is 2. The largest absolute Gasteiger partial charge is 0.450 e. The van der Waals surface area contributed by atoms with Crippen LogP contribution in [0.5, 0.6) is 0 Å². The van der Waals surface area contributed by atoms with Crippen LogP contribution in [0.25, 0.3) is 0 Å². The van der Waals surface area contributed by atoms with Gasteiger partial charge in [-0.2, -0.15) is 0 Å². The van der Waals surface area contributed by atoms with E-state index in [9.17, 15) is 9.59 Å². The van der Waals surface area contributed by atoms with Gasteiger partial charge in [-0.15, -0.1) is 0 Å². The Balaban J connectivity index is 1.61. The average Bonchev–Trinajstić information content (AvgIpc) is 3.18. The van der Waals surface area contributed by atoms with Gasteiger partial charge in [0.1, 0.15) is 0 Å². The summed E-state index contributed by atoms with van der Waals surface area (Å²) in [4.78, 5) is 28.6. The van der Waals surface area contributed by atoms with Crippen LogP contribution in [0, 0.1) is 12.8 Å². The second-order valence-corrected chi connectivity index (χ2v) is 7.17. The third kappa shape index (κ3) is 4.29. The van der Waals surface area contributed by atoms with Crippen molar-refractivity contribution in [2.24, 2.45) is 5.92 Å². The lowest BCUT2D eigenvalue weighted by Gasteiger charge is -2.31. The zero-order valence-corrected chi connectivity index (χ0v) is 15.8. The van der Waals surface area contributed by atoms with Gasteiger partial charge in [0.2, 0.25) is 5.91 Å². The number of piperidine rings is 1. The van der Waals surface area contributed by atoms with Crippen LogP contribution in [0.2, 0.25) is 0 Å². The summed E-state index contributed by atoms with van der Waals surface area (Å²) in [6.45, 7) is 7.48. The van der Waals surface area contributed by atoms with Gasteiger partial charge in [0.25, 0.3) is 0 Å².